The lowest BCUT2D eigenvalue weighted by Crippen LogP contribution is -2.37. The fourth-order valence-electron chi connectivity index (χ4n) is 3.02. The van der Waals surface area contributed by atoms with Gasteiger partial charge in [-0.2, -0.15) is 5.10 Å². The largest absolute Gasteiger partial charge is 0.313 e. The molecule has 0 spiro atoms. The summed E-state index contributed by atoms with van der Waals surface area (Å²) in [5, 5.41) is 12.8. The topological polar surface area (TPSA) is 98.8 Å². The highest BCUT2D eigenvalue weighted by Crippen LogP contribution is 2.28. The Kier molecular flexibility index (Phi) is 4.44. The molecule has 2 aromatic heterocycles. The van der Waals surface area contributed by atoms with Gasteiger partial charge < -0.3 is 4.57 Å². The fourth-order valence-corrected chi connectivity index (χ4v) is 3.89. The molecule has 0 aliphatic carbocycles. The van der Waals surface area contributed by atoms with Gasteiger partial charge in [0.25, 0.3) is 0 Å². The second kappa shape index (κ2) is 6.36. The Balaban J connectivity index is 1.75. The van der Waals surface area contributed by atoms with Crippen LogP contribution in [0.3, 0.4) is 0 Å². The van der Waals surface area contributed by atoms with Gasteiger partial charge in [0.1, 0.15) is 25.0 Å². The molecule has 0 unspecified atom stereocenters. The maximum Gasteiger partial charge on any atom is 0.211 e. The van der Waals surface area contributed by atoms with Crippen molar-refractivity contribution in [2.24, 2.45) is 0 Å². The van der Waals surface area contributed by atoms with Gasteiger partial charge in [-0.1, -0.05) is 0 Å². The van der Waals surface area contributed by atoms with Crippen LogP contribution < -0.4 is 0 Å². The van der Waals surface area contributed by atoms with Crippen LogP contribution in [0, 0.1) is 0 Å². The van der Waals surface area contributed by atoms with E-state index in [9.17, 15) is 8.42 Å². The smallest absolute Gasteiger partial charge is 0.211 e. The van der Waals surface area contributed by atoms with Crippen LogP contribution in [0.2, 0.25) is 0 Å². The first-order chi connectivity index (χ1) is 11.0. The molecule has 0 aromatic carbocycles. The lowest BCUT2D eigenvalue weighted by Gasteiger charge is -2.29. The molecule has 1 aliphatic rings. The van der Waals surface area contributed by atoms with Gasteiger partial charge in [-0.05, 0) is 19.8 Å². The van der Waals surface area contributed by atoms with Crippen LogP contribution in [0.15, 0.2) is 12.7 Å². The van der Waals surface area contributed by atoms with E-state index in [1.54, 1.807) is 11.0 Å². The van der Waals surface area contributed by atoms with E-state index in [1.165, 1.54) is 16.9 Å². The average Bonchev–Trinajstić information content (AvgIpc) is 3.16. The highest BCUT2D eigenvalue weighted by atomic mass is 32.2. The summed E-state index contributed by atoms with van der Waals surface area (Å²) in [6.07, 6.45) is 5.95. The van der Waals surface area contributed by atoms with E-state index in [4.69, 9.17) is 0 Å². The maximum absolute atomic E-state index is 11.6. The maximum atomic E-state index is 11.6. The van der Waals surface area contributed by atoms with Crippen molar-refractivity contribution >= 4 is 10.0 Å². The Hall–Kier alpha value is -1.81. The average molecular weight is 339 g/mol. The van der Waals surface area contributed by atoms with Gasteiger partial charge in [-0.3, -0.25) is 0 Å². The van der Waals surface area contributed by atoms with Gasteiger partial charge in [-0.25, -0.2) is 22.4 Å². The van der Waals surface area contributed by atoms with Crippen molar-refractivity contribution in [3.05, 3.63) is 24.3 Å². The van der Waals surface area contributed by atoms with Crippen molar-refractivity contribution in [1.82, 2.24) is 33.8 Å². The Labute approximate surface area is 135 Å². The van der Waals surface area contributed by atoms with Crippen LogP contribution >= 0.6 is 0 Å². The lowest BCUT2D eigenvalue weighted by molar-refractivity contribution is 0.310. The third-order valence-corrected chi connectivity index (χ3v) is 5.53. The van der Waals surface area contributed by atoms with E-state index < -0.39 is 10.0 Å². The second-order valence-electron chi connectivity index (χ2n) is 5.75. The SMILES string of the molecule is CCn1c(Cn2cncn2)nnc1C1CCN(S(C)(=O)=O)CC1. The first-order valence-electron chi connectivity index (χ1n) is 7.68. The standard InChI is InChI=1S/C13H21N7O2S/c1-3-20-12(8-18-10-14-9-15-18)16-17-13(20)11-4-6-19(7-5-11)23(2,21)22/h9-11H,3-8H2,1-2H3. The van der Waals surface area contributed by atoms with Crippen molar-refractivity contribution in [2.75, 3.05) is 19.3 Å². The molecule has 0 N–H and O–H groups in total. The third-order valence-electron chi connectivity index (χ3n) is 4.23. The molecule has 0 saturated carbocycles. The molecule has 9 nitrogen and oxygen atoms in total. The highest BCUT2D eigenvalue weighted by Gasteiger charge is 2.29. The number of rotatable bonds is 5. The number of piperidine rings is 1. The van der Waals surface area contributed by atoms with E-state index >= 15 is 0 Å². The van der Waals surface area contributed by atoms with Crippen LogP contribution in [0.5, 0.6) is 0 Å². The molecule has 126 valence electrons. The predicted molar refractivity (Wildman–Crippen MR) is 83.2 cm³/mol. The van der Waals surface area contributed by atoms with Gasteiger partial charge in [-0.15, -0.1) is 10.2 Å². The predicted octanol–water partition coefficient (Wildman–Crippen LogP) is 0.0768. The van der Waals surface area contributed by atoms with Crippen LogP contribution in [-0.2, 0) is 23.1 Å². The molecule has 3 heterocycles. The third kappa shape index (κ3) is 3.42. The molecule has 10 heteroatoms. The Morgan fingerprint density at radius 2 is 2.00 bits per heavy atom. The number of aromatic nitrogens is 6. The molecular formula is C13H21N7O2S. The molecule has 1 fully saturated rings. The highest BCUT2D eigenvalue weighted by molar-refractivity contribution is 7.88. The van der Waals surface area contributed by atoms with E-state index in [1.807, 2.05) is 0 Å². The zero-order chi connectivity index (χ0) is 16.4. The van der Waals surface area contributed by atoms with Crippen LogP contribution in [0.4, 0.5) is 0 Å². The van der Waals surface area contributed by atoms with Gasteiger partial charge in [0.15, 0.2) is 5.82 Å². The lowest BCUT2D eigenvalue weighted by atomic mass is 9.97. The van der Waals surface area contributed by atoms with E-state index in [0.29, 0.717) is 19.6 Å². The van der Waals surface area contributed by atoms with Crippen LogP contribution in [-0.4, -0.2) is 61.6 Å². The van der Waals surface area contributed by atoms with E-state index in [0.717, 1.165) is 31.0 Å². The van der Waals surface area contributed by atoms with Crippen molar-refractivity contribution in [3.8, 4) is 0 Å². The molecule has 0 bridgehead atoms. The molecule has 1 saturated heterocycles. The number of hydrogen-bond donors (Lipinski definition) is 0. The molecule has 0 atom stereocenters. The van der Waals surface area contributed by atoms with Gasteiger partial charge in [0.05, 0.1) is 6.26 Å². The Morgan fingerprint density at radius 3 is 2.57 bits per heavy atom. The van der Waals surface area contributed by atoms with Crippen LogP contribution in [0.1, 0.15) is 37.3 Å². The zero-order valence-electron chi connectivity index (χ0n) is 13.3. The molecular weight excluding hydrogens is 318 g/mol. The minimum Gasteiger partial charge on any atom is -0.313 e. The zero-order valence-corrected chi connectivity index (χ0v) is 14.1. The van der Waals surface area contributed by atoms with Crippen LogP contribution in [0.25, 0.3) is 0 Å². The summed E-state index contributed by atoms with van der Waals surface area (Å²) in [7, 11) is -3.10. The van der Waals surface area contributed by atoms with Crippen molar-refractivity contribution < 1.29 is 8.42 Å². The summed E-state index contributed by atoms with van der Waals surface area (Å²) in [4.78, 5) is 3.93. The Morgan fingerprint density at radius 1 is 1.26 bits per heavy atom. The van der Waals surface area contributed by atoms with Crippen molar-refractivity contribution in [2.45, 2.75) is 38.8 Å². The summed E-state index contributed by atoms with van der Waals surface area (Å²) >= 11 is 0. The number of nitrogens with zero attached hydrogens (tertiary/aromatic N) is 7. The summed E-state index contributed by atoms with van der Waals surface area (Å²) in [6, 6.07) is 0. The molecule has 23 heavy (non-hydrogen) atoms. The van der Waals surface area contributed by atoms with E-state index in [-0.39, 0.29) is 5.92 Å². The van der Waals surface area contributed by atoms with E-state index in [2.05, 4.69) is 31.8 Å². The first-order valence-corrected chi connectivity index (χ1v) is 9.53. The normalized spacial score (nSPS) is 17.7. The Bertz CT molecular complexity index is 745. The molecule has 0 amide bonds. The monoisotopic (exact) mass is 339 g/mol. The first kappa shape index (κ1) is 16.1. The molecule has 2 aromatic rings. The molecule has 0 radical (unpaired) electrons. The fraction of sp³-hybridized carbons (Fsp3) is 0.692. The number of sulfonamides is 1. The summed E-state index contributed by atoms with van der Waals surface area (Å²) in [6.45, 7) is 4.45. The summed E-state index contributed by atoms with van der Waals surface area (Å²) in [5.41, 5.74) is 0. The summed E-state index contributed by atoms with van der Waals surface area (Å²) < 4.78 is 28.6. The molecule has 1 aliphatic heterocycles. The van der Waals surface area contributed by atoms with Gasteiger partial charge >= 0.3 is 0 Å². The molecule has 3 rings (SSSR count). The van der Waals surface area contributed by atoms with Crippen molar-refractivity contribution in [3.63, 3.8) is 0 Å². The summed E-state index contributed by atoms with van der Waals surface area (Å²) in [5.74, 6) is 2.03. The van der Waals surface area contributed by atoms with Gasteiger partial charge in [0, 0.05) is 25.6 Å². The minimum atomic E-state index is -3.10. The second-order valence-corrected chi connectivity index (χ2v) is 7.73. The quantitative estimate of drug-likeness (QED) is 0.765. The number of hydrogen-bond acceptors (Lipinski definition) is 6. The minimum absolute atomic E-state index is 0.241. The van der Waals surface area contributed by atoms with Gasteiger partial charge in [0.2, 0.25) is 10.0 Å². The van der Waals surface area contributed by atoms with Crippen molar-refractivity contribution in [1.29, 1.82) is 0 Å².